The molecule has 1 saturated heterocycles. The molecule has 1 aliphatic heterocycles. The fourth-order valence-corrected chi connectivity index (χ4v) is 4.82. The maximum atomic E-state index is 12.4. The van der Waals surface area contributed by atoms with Crippen LogP contribution in [0.25, 0.3) is 0 Å². The van der Waals surface area contributed by atoms with Crippen molar-refractivity contribution in [2.45, 2.75) is 26.3 Å². The predicted molar refractivity (Wildman–Crippen MR) is 125 cm³/mol. The van der Waals surface area contributed by atoms with Crippen molar-refractivity contribution in [1.29, 1.82) is 0 Å². The standard InChI is InChI=1S/C23H34N4O2S/c1-4-26(5-2)22(19-10-12-30-17-19)15-25-23(28)24-14-18-9-11-27(16-18)20-7-6-8-21(13-20)29-3/h6-8,10,12-13,17-18,22H,4-5,9,11,14-16H2,1-3H3,(H2,24,25,28). The molecule has 30 heavy (non-hydrogen) atoms. The molecule has 164 valence electrons. The van der Waals surface area contributed by atoms with Gasteiger partial charge in [-0.3, -0.25) is 4.90 Å². The number of hydrogen-bond acceptors (Lipinski definition) is 5. The topological polar surface area (TPSA) is 56.8 Å². The van der Waals surface area contributed by atoms with Gasteiger partial charge in [-0.25, -0.2) is 4.79 Å². The highest BCUT2D eigenvalue weighted by molar-refractivity contribution is 7.07. The van der Waals surface area contributed by atoms with Crippen LogP contribution in [0, 0.1) is 5.92 Å². The van der Waals surface area contributed by atoms with Gasteiger partial charge in [-0.1, -0.05) is 19.9 Å². The van der Waals surface area contributed by atoms with Crippen LogP contribution < -0.4 is 20.3 Å². The van der Waals surface area contributed by atoms with Gasteiger partial charge in [0.1, 0.15) is 5.75 Å². The van der Waals surface area contributed by atoms with E-state index < -0.39 is 0 Å². The van der Waals surface area contributed by atoms with E-state index in [1.54, 1.807) is 18.4 Å². The predicted octanol–water partition coefficient (Wildman–Crippen LogP) is 3.97. The number of ether oxygens (including phenoxy) is 1. The number of anilines is 1. The molecular weight excluding hydrogens is 396 g/mol. The highest BCUT2D eigenvalue weighted by Gasteiger charge is 2.24. The van der Waals surface area contributed by atoms with Crippen molar-refractivity contribution in [2.75, 3.05) is 51.3 Å². The van der Waals surface area contributed by atoms with E-state index in [-0.39, 0.29) is 12.1 Å². The summed E-state index contributed by atoms with van der Waals surface area (Å²) in [5, 5.41) is 10.4. The zero-order valence-corrected chi connectivity index (χ0v) is 19.1. The summed E-state index contributed by atoms with van der Waals surface area (Å²) in [5.74, 6) is 1.33. The zero-order valence-electron chi connectivity index (χ0n) is 18.3. The smallest absolute Gasteiger partial charge is 0.314 e. The lowest BCUT2D eigenvalue weighted by Gasteiger charge is -2.29. The SMILES string of the molecule is CCN(CC)C(CNC(=O)NCC1CCN(c2cccc(OC)c2)C1)c1ccsc1. The van der Waals surface area contributed by atoms with E-state index in [1.165, 1.54) is 11.3 Å². The van der Waals surface area contributed by atoms with Gasteiger partial charge in [0.05, 0.1) is 13.2 Å². The molecule has 0 saturated carbocycles. The second-order valence-corrected chi connectivity index (χ2v) is 8.47. The molecule has 0 aliphatic carbocycles. The van der Waals surface area contributed by atoms with Crippen LogP contribution in [0.15, 0.2) is 41.1 Å². The van der Waals surface area contributed by atoms with E-state index in [1.807, 2.05) is 12.1 Å². The second-order valence-electron chi connectivity index (χ2n) is 7.69. The molecule has 1 aromatic carbocycles. The van der Waals surface area contributed by atoms with Gasteiger partial charge in [-0.2, -0.15) is 11.3 Å². The van der Waals surface area contributed by atoms with E-state index in [0.29, 0.717) is 19.0 Å². The largest absolute Gasteiger partial charge is 0.497 e. The molecule has 0 radical (unpaired) electrons. The van der Waals surface area contributed by atoms with Crippen LogP contribution in [0.1, 0.15) is 31.9 Å². The summed E-state index contributed by atoms with van der Waals surface area (Å²) in [6.45, 7) is 9.51. The quantitative estimate of drug-likeness (QED) is 0.599. The molecule has 2 N–H and O–H groups in total. The third-order valence-corrected chi connectivity index (χ3v) is 6.59. The summed E-state index contributed by atoms with van der Waals surface area (Å²) in [5.41, 5.74) is 2.45. The normalized spacial score (nSPS) is 17.2. The first-order valence-electron chi connectivity index (χ1n) is 10.8. The number of rotatable bonds is 10. The number of nitrogens with zero attached hydrogens (tertiary/aromatic N) is 2. The first-order chi connectivity index (χ1) is 14.6. The molecule has 2 aromatic rings. The lowest BCUT2D eigenvalue weighted by Crippen LogP contribution is -2.43. The van der Waals surface area contributed by atoms with Gasteiger partial charge < -0.3 is 20.3 Å². The summed E-state index contributed by atoms with van der Waals surface area (Å²) in [7, 11) is 1.69. The Kier molecular flexibility index (Phi) is 8.39. The van der Waals surface area contributed by atoms with E-state index in [0.717, 1.165) is 38.3 Å². The van der Waals surface area contributed by atoms with Gasteiger partial charge in [0, 0.05) is 37.9 Å². The number of urea groups is 1. The molecule has 1 aromatic heterocycles. The molecular formula is C23H34N4O2S. The van der Waals surface area contributed by atoms with E-state index >= 15 is 0 Å². The second kappa shape index (κ2) is 11.2. The molecule has 3 rings (SSSR count). The first-order valence-corrected chi connectivity index (χ1v) is 11.8. The fourth-order valence-electron chi connectivity index (χ4n) is 4.12. The Balaban J connectivity index is 1.45. The van der Waals surface area contributed by atoms with Gasteiger partial charge in [0.15, 0.2) is 0 Å². The maximum Gasteiger partial charge on any atom is 0.314 e. The van der Waals surface area contributed by atoms with Crippen molar-refractivity contribution in [3.8, 4) is 5.75 Å². The maximum absolute atomic E-state index is 12.4. The van der Waals surface area contributed by atoms with Crippen LogP contribution >= 0.6 is 11.3 Å². The molecule has 2 amide bonds. The van der Waals surface area contributed by atoms with Crippen LogP contribution in [0.2, 0.25) is 0 Å². The lowest BCUT2D eigenvalue weighted by molar-refractivity contribution is 0.206. The fraction of sp³-hybridized carbons (Fsp3) is 0.522. The first kappa shape index (κ1) is 22.4. The van der Waals surface area contributed by atoms with Crippen LogP contribution in [0.5, 0.6) is 5.75 Å². The Morgan fingerprint density at radius 1 is 1.30 bits per heavy atom. The summed E-state index contributed by atoms with van der Waals surface area (Å²) in [4.78, 5) is 17.2. The average molecular weight is 431 g/mol. The van der Waals surface area contributed by atoms with Crippen LogP contribution in [0.4, 0.5) is 10.5 Å². The molecule has 1 fully saturated rings. The molecule has 2 unspecified atom stereocenters. The number of thiophene rings is 1. The van der Waals surface area contributed by atoms with Gasteiger partial charge in [-0.05, 0) is 60.0 Å². The number of amides is 2. The average Bonchev–Trinajstić information content (AvgIpc) is 3.47. The number of carbonyl (C=O) groups excluding carboxylic acids is 1. The van der Waals surface area contributed by atoms with Crippen molar-refractivity contribution in [1.82, 2.24) is 15.5 Å². The minimum Gasteiger partial charge on any atom is -0.497 e. The van der Waals surface area contributed by atoms with Crippen molar-refractivity contribution < 1.29 is 9.53 Å². The van der Waals surface area contributed by atoms with Gasteiger partial charge in [0.25, 0.3) is 0 Å². The van der Waals surface area contributed by atoms with Crippen LogP contribution in [-0.2, 0) is 0 Å². The minimum absolute atomic E-state index is 0.0813. The number of benzene rings is 1. The molecule has 6 nitrogen and oxygen atoms in total. The van der Waals surface area contributed by atoms with Crippen LogP contribution in [-0.4, -0.2) is 57.3 Å². The van der Waals surface area contributed by atoms with Gasteiger partial charge in [-0.15, -0.1) is 0 Å². The number of likely N-dealkylation sites (N-methyl/N-ethyl adjacent to an activating group) is 1. The number of nitrogens with one attached hydrogen (secondary N) is 2. The van der Waals surface area contributed by atoms with Crippen molar-refractivity contribution in [2.24, 2.45) is 5.92 Å². The molecule has 2 heterocycles. The summed E-state index contributed by atoms with van der Waals surface area (Å²) < 4.78 is 5.33. The molecule has 7 heteroatoms. The van der Waals surface area contributed by atoms with E-state index in [9.17, 15) is 4.79 Å². The molecule has 0 spiro atoms. The third kappa shape index (κ3) is 5.89. The zero-order chi connectivity index (χ0) is 21.3. The van der Waals surface area contributed by atoms with Gasteiger partial charge >= 0.3 is 6.03 Å². The Labute approximate surface area is 184 Å². The Hall–Kier alpha value is -2.25. The number of hydrogen-bond donors (Lipinski definition) is 2. The molecule has 1 aliphatic rings. The van der Waals surface area contributed by atoms with Crippen molar-refractivity contribution in [3.05, 3.63) is 46.7 Å². The van der Waals surface area contributed by atoms with Crippen LogP contribution in [0.3, 0.4) is 0 Å². The summed E-state index contributed by atoms with van der Waals surface area (Å²) >= 11 is 1.70. The third-order valence-electron chi connectivity index (χ3n) is 5.89. The van der Waals surface area contributed by atoms with E-state index in [4.69, 9.17) is 4.74 Å². The molecule has 0 bridgehead atoms. The summed E-state index contributed by atoms with van der Waals surface area (Å²) in [6, 6.07) is 10.5. The van der Waals surface area contributed by atoms with Crippen molar-refractivity contribution in [3.63, 3.8) is 0 Å². The highest BCUT2D eigenvalue weighted by Crippen LogP contribution is 2.26. The Morgan fingerprint density at radius 3 is 2.83 bits per heavy atom. The Morgan fingerprint density at radius 2 is 2.13 bits per heavy atom. The number of carbonyl (C=O) groups is 1. The van der Waals surface area contributed by atoms with Crippen molar-refractivity contribution >= 4 is 23.1 Å². The highest BCUT2D eigenvalue weighted by atomic mass is 32.1. The Bertz CT molecular complexity index is 779. The minimum atomic E-state index is -0.0813. The number of methoxy groups -OCH3 is 1. The molecule has 2 atom stereocenters. The monoisotopic (exact) mass is 430 g/mol. The lowest BCUT2D eigenvalue weighted by atomic mass is 10.1. The van der Waals surface area contributed by atoms with E-state index in [2.05, 4.69) is 63.2 Å². The summed E-state index contributed by atoms with van der Waals surface area (Å²) in [6.07, 6.45) is 1.08. The van der Waals surface area contributed by atoms with Gasteiger partial charge in [0.2, 0.25) is 0 Å².